The van der Waals surface area contributed by atoms with Crippen molar-refractivity contribution in [3.05, 3.63) is 100 Å². The van der Waals surface area contributed by atoms with Crippen LogP contribution in [0.15, 0.2) is 64.7 Å². The van der Waals surface area contributed by atoms with Gasteiger partial charge >= 0.3 is 11.9 Å². The molecule has 0 bridgehead atoms. The number of thioether (sulfide) groups is 1. The summed E-state index contributed by atoms with van der Waals surface area (Å²) in [7, 11) is 1.73. The highest BCUT2D eigenvalue weighted by molar-refractivity contribution is 8.00. The van der Waals surface area contributed by atoms with E-state index in [-0.39, 0.29) is 77.6 Å². The van der Waals surface area contributed by atoms with E-state index in [4.69, 9.17) is 34.7 Å². The SMILES string of the molecule is CNC(CCC(O)CNC(=O)Cc1ccc(/C(C=NCCOCCOCCOCCOCCC(=O)Oc2c(F)c(F)c(F)c(F)c2F)=N/N)cc1)CC[C@](O)(SCc1ccccc1)C(=O)O.O=CCO. The van der Waals surface area contributed by atoms with Gasteiger partial charge < -0.3 is 65.4 Å². The molecule has 3 aromatic carbocycles. The first-order valence-corrected chi connectivity index (χ1v) is 22.8. The Balaban J connectivity index is 0.00000403. The fourth-order valence-corrected chi connectivity index (χ4v) is 6.78. The van der Waals surface area contributed by atoms with Gasteiger partial charge in [0, 0.05) is 30.1 Å². The van der Waals surface area contributed by atoms with Gasteiger partial charge in [-0.3, -0.25) is 14.6 Å². The second-order valence-corrected chi connectivity index (χ2v) is 16.0. The smallest absolute Gasteiger partial charge is 0.346 e. The van der Waals surface area contributed by atoms with E-state index in [1.807, 2.05) is 30.3 Å². The Morgan fingerprint density at radius 1 is 0.800 bits per heavy atom. The van der Waals surface area contributed by atoms with Gasteiger partial charge in [0.2, 0.25) is 45.7 Å². The Morgan fingerprint density at radius 2 is 1.36 bits per heavy atom. The van der Waals surface area contributed by atoms with Gasteiger partial charge in [-0.15, -0.1) is 11.8 Å². The zero-order valence-corrected chi connectivity index (χ0v) is 39.3. The van der Waals surface area contributed by atoms with Gasteiger partial charge in [0.25, 0.3) is 0 Å². The molecule has 0 radical (unpaired) electrons. The molecule has 0 fully saturated rings. The van der Waals surface area contributed by atoms with Crippen LogP contribution in [-0.2, 0) is 50.3 Å². The first kappa shape index (κ1) is 60.7. The number of aliphatic imine (C=N–C) groups is 1. The molecular weight excluding hydrogens is 958 g/mol. The number of aliphatic hydroxyl groups excluding tert-OH is 2. The summed E-state index contributed by atoms with van der Waals surface area (Å²) in [5, 5.41) is 48.2. The molecule has 0 aliphatic carbocycles. The van der Waals surface area contributed by atoms with Crippen LogP contribution >= 0.6 is 11.8 Å². The summed E-state index contributed by atoms with van der Waals surface area (Å²) in [6.45, 7) is 1.25. The van der Waals surface area contributed by atoms with Crippen LogP contribution in [0.2, 0.25) is 0 Å². The molecule has 0 spiro atoms. The molecule has 0 heterocycles. The highest BCUT2D eigenvalue weighted by atomic mass is 32.2. The van der Waals surface area contributed by atoms with E-state index in [1.54, 1.807) is 31.3 Å². The van der Waals surface area contributed by atoms with Crippen molar-refractivity contribution >= 4 is 47.8 Å². The van der Waals surface area contributed by atoms with Crippen LogP contribution in [0.5, 0.6) is 5.75 Å². The molecule has 8 N–H and O–H groups in total. The van der Waals surface area contributed by atoms with Crippen LogP contribution in [0, 0.1) is 29.1 Å². The maximum atomic E-state index is 13.6. The molecule has 0 saturated heterocycles. The number of nitrogens with one attached hydrogen (secondary N) is 2. The summed E-state index contributed by atoms with van der Waals surface area (Å²) < 4.78 is 92.4. The van der Waals surface area contributed by atoms with Crippen molar-refractivity contribution in [1.29, 1.82) is 0 Å². The first-order chi connectivity index (χ1) is 33.6. The van der Waals surface area contributed by atoms with E-state index < -0.39 is 64.2 Å². The lowest BCUT2D eigenvalue weighted by Crippen LogP contribution is -2.38. The van der Waals surface area contributed by atoms with E-state index in [0.29, 0.717) is 62.3 Å². The lowest BCUT2D eigenvalue weighted by molar-refractivity contribution is -0.150. The maximum absolute atomic E-state index is 13.6. The topological polar surface area (TPSA) is 270 Å². The van der Waals surface area contributed by atoms with Gasteiger partial charge in [0.15, 0.2) is 0 Å². The number of aliphatic carboxylic acids is 1. The summed E-state index contributed by atoms with van der Waals surface area (Å²) in [4.78, 5) is 47.5. The van der Waals surface area contributed by atoms with E-state index >= 15 is 0 Å². The Bertz CT molecular complexity index is 2070. The fraction of sp³-hybridized carbons (Fsp3) is 0.478. The number of benzene rings is 3. The summed E-state index contributed by atoms with van der Waals surface area (Å²) >= 11 is 0.964. The van der Waals surface area contributed by atoms with Gasteiger partial charge in [0.05, 0.1) is 85.0 Å². The van der Waals surface area contributed by atoms with E-state index in [2.05, 4.69) is 25.5 Å². The Labute approximate surface area is 405 Å². The third kappa shape index (κ3) is 23.4. The Hall–Kier alpha value is -5.44. The van der Waals surface area contributed by atoms with Crippen LogP contribution in [0.4, 0.5) is 22.0 Å². The number of ether oxygens (including phenoxy) is 5. The number of rotatable bonds is 34. The molecule has 18 nitrogen and oxygen atoms in total. The molecular formula is C46H60F5N5O13S. The number of nitrogens with zero attached hydrogens (tertiary/aromatic N) is 2. The quantitative estimate of drug-likeness (QED) is 0.00387. The molecule has 388 valence electrons. The van der Waals surface area contributed by atoms with Gasteiger partial charge in [0.1, 0.15) is 12.0 Å². The van der Waals surface area contributed by atoms with Gasteiger partial charge in [-0.2, -0.15) is 13.9 Å². The lowest BCUT2D eigenvalue weighted by Gasteiger charge is -2.26. The number of hydrogen-bond acceptors (Lipinski definition) is 17. The third-order valence-corrected chi connectivity index (χ3v) is 11.0. The van der Waals surface area contributed by atoms with E-state index in [1.165, 1.54) is 6.21 Å². The minimum absolute atomic E-state index is 0.0119. The number of hydrogen-bond donors (Lipinski definition) is 7. The number of carboxylic acid groups (broad SMARTS) is 1. The number of nitrogens with two attached hydrogens (primary N) is 1. The van der Waals surface area contributed by atoms with Crippen LogP contribution in [0.1, 0.15) is 48.8 Å². The molecule has 24 heteroatoms. The normalized spacial score (nSPS) is 13.2. The first-order valence-electron chi connectivity index (χ1n) is 21.8. The number of carbonyl (C=O) groups is 4. The van der Waals surface area contributed by atoms with Gasteiger partial charge in [-0.1, -0.05) is 54.6 Å². The summed E-state index contributed by atoms with van der Waals surface area (Å²) in [6, 6.07) is 16.2. The maximum Gasteiger partial charge on any atom is 0.346 e. The Morgan fingerprint density at radius 3 is 1.90 bits per heavy atom. The van der Waals surface area contributed by atoms with Crippen molar-refractivity contribution in [3.8, 4) is 5.75 Å². The zero-order valence-electron chi connectivity index (χ0n) is 38.5. The largest absolute Gasteiger partial charge is 0.478 e. The molecule has 70 heavy (non-hydrogen) atoms. The van der Waals surface area contributed by atoms with Crippen molar-refractivity contribution in [3.63, 3.8) is 0 Å². The van der Waals surface area contributed by atoms with Crippen molar-refractivity contribution in [2.45, 2.75) is 61.4 Å². The summed E-state index contributed by atoms with van der Waals surface area (Å²) in [6.07, 6.45) is 1.90. The highest BCUT2D eigenvalue weighted by Gasteiger charge is 2.37. The Kier molecular flexibility index (Phi) is 30.2. The number of esters is 1. The molecule has 3 aromatic rings. The van der Waals surface area contributed by atoms with Gasteiger partial charge in [-0.05, 0) is 43.9 Å². The molecule has 2 unspecified atom stereocenters. The highest BCUT2D eigenvalue weighted by Crippen LogP contribution is 2.32. The van der Waals surface area contributed by atoms with Crippen LogP contribution in [-0.4, -0.2) is 153 Å². The summed E-state index contributed by atoms with van der Waals surface area (Å²) in [5.41, 5.74) is 2.72. The molecule has 0 aliphatic heterocycles. The lowest BCUT2D eigenvalue weighted by atomic mass is 10.0. The average Bonchev–Trinajstić information content (AvgIpc) is 3.36. The molecule has 0 aliphatic rings. The number of aldehydes is 1. The van der Waals surface area contributed by atoms with Crippen molar-refractivity contribution in [2.24, 2.45) is 15.9 Å². The second-order valence-electron chi connectivity index (χ2n) is 14.8. The predicted octanol–water partition coefficient (Wildman–Crippen LogP) is 3.23. The second kappa shape index (κ2) is 34.8. The molecule has 0 saturated carbocycles. The van der Waals surface area contributed by atoms with Crippen LogP contribution in [0.3, 0.4) is 0 Å². The number of carbonyl (C=O) groups excluding carboxylic acids is 3. The molecule has 3 atom stereocenters. The van der Waals surface area contributed by atoms with Crippen molar-refractivity contribution in [1.82, 2.24) is 10.6 Å². The number of amides is 1. The predicted molar refractivity (Wildman–Crippen MR) is 248 cm³/mol. The number of hydrazone groups is 1. The van der Waals surface area contributed by atoms with Crippen LogP contribution < -0.4 is 21.2 Å². The molecule has 1 amide bonds. The monoisotopic (exact) mass is 1020 g/mol. The fourth-order valence-electron chi connectivity index (χ4n) is 5.80. The van der Waals surface area contributed by atoms with E-state index in [9.17, 15) is 51.7 Å². The van der Waals surface area contributed by atoms with Gasteiger partial charge in [-0.25, -0.2) is 18.0 Å². The molecule has 3 rings (SSSR count). The van der Waals surface area contributed by atoms with Crippen molar-refractivity contribution in [2.75, 3.05) is 79.6 Å². The zero-order chi connectivity index (χ0) is 51.7. The molecule has 0 aromatic heterocycles. The third-order valence-electron chi connectivity index (χ3n) is 9.64. The number of halogens is 5. The van der Waals surface area contributed by atoms with Crippen molar-refractivity contribution < 1.29 is 85.2 Å². The minimum atomic E-state index is -2.37. The van der Waals surface area contributed by atoms with E-state index in [0.717, 1.165) is 22.9 Å². The number of carboxylic acids is 1. The average molecular weight is 1020 g/mol. The standard InChI is InChI=1S/C44H56F5N5O11S.C2H4O2/c1-51-32(13-15-44(60,43(58)59)66-28-30-5-3-2-4-6-30)11-12-33(55)26-53-35(56)25-29-7-9-31(10-8-29)34(54-50)27-52-16-18-62-20-22-64-24-23-63-21-19-61-17-14-36(57)65-42-40(48)38(46)37(45)39(47)41(42)49;3-1-2-4/h2-10,27,32-33,51,55,60H,11-26,28,50H2,1H3,(H,53,56)(H,58,59);1,4H,2H2/b52-27?,54-34+;/t32?,33?,44-;/m0./s1. The van der Waals surface area contributed by atoms with Crippen LogP contribution in [0.25, 0.3) is 0 Å². The minimum Gasteiger partial charge on any atom is -0.478 e. The summed E-state index contributed by atoms with van der Waals surface area (Å²) in [5.74, 6) is -9.93. The number of aliphatic hydroxyl groups is 3.